The van der Waals surface area contributed by atoms with Gasteiger partial charge in [0.15, 0.2) is 0 Å². The average molecular weight is 292 g/mol. The highest BCUT2D eigenvalue weighted by atomic mass is 35.5. The van der Waals surface area contributed by atoms with Gasteiger partial charge in [-0.05, 0) is 37.3 Å². The lowest BCUT2D eigenvalue weighted by Gasteiger charge is -2.09. The lowest BCUT2D eigenvalue weighted by molar-refractivity contribution is 1.20. The molecule has 2 aromatic heterocycles. The molecule has 0 spiro atoms. The molecule has 96 valence electrons. The molecule has 0 saturated heterocycles. The quantitative estimate of drug-likeness (QED) is 0.703. The van der Waals surface area contributed by atoms with Crippen molar-refractivity contribution in [2.45, 2.75) is 6.92 Å². The summed E-state index contributed by atoms with van der Waals surface area (Å²) in [6, 6.07) is 9.43. The van der Waals surface area contributed by atoms with E-state index in [-0.39, 0.29) is 0 Å². The number of benzene rings is 1. The number of halogens is 2. The molecule has 0 fully saturated rings. The SMILES string of the molecule is Cc1nc(Nc2cc(Cl)cc3[nH]ccc23)ccc1Cl. The predicted molar refractivity (Wildman–Crippen MR) is 80.6 cm³/mol. The summed E-state index contributed by atoms with van der Waals surface area (Å²) in [6.07, 6.45) is 1.88. The van der Waals surface area contributed by atoms with Crippen LogP contribution in [0, 0.1) is 6.92 Å². The smallest absolute Gasteiger partial charge is 0.130 e. The Kier molecular flexibility index (Phi) is 3.09. The molecule has 1 aromatic carbocycles. The minimum atomic E-state index is 0.656. The molecule has 19 heavy (non-hydrogen) atoms. The van der Waals surface area contributed by atoms with Crippen molar-refractivity contribution in [3.05, 3.63) is 52.3 Å². The Morgan fingerprint density at radius 2 is 2.00 bits per heavy atom. The van der Waals surface area contributed by atoms with Crippen molar-refractivity contribution < 1.29 is 0 Å². The Morgan fingerprint density at radius 3 is 2.79 bits per heavy atom. The number of aromatic amines is 1. The highest BCUT2D eigenvalue weighted by Crippen LogP contribution is 2.29. The molecule has 0 aliphatic heterocycles. The maximum Gasteiger partial charge on any atom is 0.130 e. The molecule has 0 saturated carbocycles. The maximum atomic E-state index is 6.10. The number of pyridine rings is 1. The normalized spacial score (nSPS) is 10.9. The van der Waals surface area contributed by atoms with E-state index in [1.165, 1.54) is 0 Å². The number of nitrogens with one attached hydrogen (secondary N) is 2. The largest absolute Gasteiger partial charge is 0.361 e. The standard InChI is InChI=1S/C14H11Cl2N3/c1-8-11(16)2-3-14(18-8)19-13-7-9(15)6-12-10(13)4-5-17-12/h2-7,17H,1H3,(H,18,19). The van der Waals surface area contributed by atoms with E-state index in [4.69, 9.17) is 23.2 Å². The van der Waals surface area contributed by atoms with Gasteiger partial charge >= 0.3 is 0 Å². The molecule has 0 amide bonds. The van der Waals surface area contributed by atoms with Crippen molar-refractivity contribution in [3.63, 3.8) is 0 Å². The second-order valence-electron chi connectivity index (χ2n) is 4.28. The average Bonchev–Trinajstić information content (AvgIpc) is 2.82. The summed E-state index contributed by atoms with van der Waals surface area (Å²) in [7, 11) is 0. The van der Waals surface area contributed by atoms with Crippen LogP contribution < -0.4 is 5.32 Å². The Hall–Kier alpha value is -1.71. The second kappa shape index (κ2) is 4.76. The van der Waals surface area contributed by atoms with Crippen LogP contribution in [0.1, 0.15) is 5.69 Å². The van der Waals surface area contributed by atoms with Gasteiger partial charge in [0.2, 0.25) is 0 Å². The van der Waals surface area contributed by atoms with Gasteiger partial charge in [-0.1, -0.05) is 23.2 Å². The number of fused-ring (bicyclic) bond motifs is 1. The fourth-order valence-corrected chi connectivity index (χ4v) is 2.31. The van der Waals surface area contributed by atoms with E-state index in [2.05, 4.69) is 15.3 Å². The first-order chi connectivity index (χ1) is 9.13. The van der Waals surface area contributed by atoms with Gasteiger partial charge < -0.3 is 10.3 Å². The minimum Gasteiger partial charge on any atom is -0.361 e. The zero-order chi connectivity index (χ0) is 13.4. The maximum absolute atomic E-state index is 6.10. The Morgan fingerprint density at radius 1 is 1.16 bits per heavy atom. The number of hydrogen-bond acceptors (Lipinski definition) is 2. The molecule has 2 heterocycles. The topological polar surface area (TPSA) is 40.7 Å². The summed E-state index contributed by atoms with van der Waals surface area (Å²) in [5, 5.41) is 5.66. The third-order valence-corrected chi connectivity index (χ3v) is 3.54. The number of H-pyrrole nitrogens is 1. The molecule has 0 aliphatic rings. The Balaban J connectivity index is 2.04. The molecule has 0 atom stereocenters. The first-order valence-electron chi connectivity index (χ1n) is 5.80. The number of rotatable bonds is 2. The first-order valence-corrected chi connectivity index (χ1v) is 6.56. The summed E-state index contributed by atoms with van der Waals surface area (Å²) in [5.41, 5.74) is 2.69. The van der Waals surface area contributed by atoms with Gasteiger partial charge in [0.25, 0.3) is 0 Å². The van der Waals surface area contributed by atoms with E-state index in [1.807, 2.05) is 43.5 Å². The zero-order valence-electron chi connectivity index (χ0n) is 10.2. The van der Waals surface area contributed by atoms with Gasteiger partial charge in [-0.15, -0.1) is 0 Å². The van der Waals surface area contributed by atoms with Crippen molar-refractivity contribution in [2.24, 2.45) is 0 Å². The van der Waals surface area contributed by atoms with Crippen LogP contribution in [0.5, 0.6) is 0 Å². The van der Waals surface area contributed by atoms with Crippen LogP contribution in [0.3, 0.4) is 0 Å². The highest BCUT2D eigenvalue weighted by molar-refractivity contribution is 6.32. The van der Waals surface area contributed by atoms with E-state index >= 15 is 0 Å². The molecule has 0 unspecified atom stereocenters. The first kappa shape index (κ1) is 12.3. The number of anilines is 2. The van der Waals surface area contributed by atoms with Gasteiger partial charge in [-0.25, -0.2) is 4.98 Å². The van der Waals surface area contributed by atoms with Gasteiger partial charge in [0.05, 0.1) is 16.4 Å². The van der Waals surface area contributed by atoms with Crippen molar-refractivity contribution in [1.29, 1.82) is 0 Å². The summed E-state index contributed by atoms with van der Waals surface area (Å²) in [5.74, 6) is 0.742. The minimum absolute atomic E-state index is 0.656. The van der Waals surface area contributed by atoms with Crippen LogP contribution in [-0.2, 0) is 0 Å². The van der Waals surface area contributed by atoms with Crippen LogP contribution in [-0.4, -0.2) is 9.97 Å². The molecule has 0 aliphatic carbocycles. The molecule has 0 radical (unpaired) electrons. The van der Waals surface area contributed by atoms with Crippen LogP contribution >= 0.6 is 23.2 Å². The fraction of sp³-hybridized carbons (Fsp3) is 0.0714. The monoisotopic (exact) mass is 291 g/mol. The summed E-state index contributed by atoms with van der Waals surface area (Å²) >= 11 is 12.1. The van der Waals surface area contributed by atoms with E-state index < -0.39 is 0 Å². The van der Waals surface area contributed by atoms with Crippen LogP contribution in [0.4, 0.5) is 11.5 Å². The molecule has 3 nitrogen and oxygen atoms in total. The third kappa shape index (κ3) is 2.39. The van der Waals surface area contributed by atoms with Gasteiger partial charge in [0, 0.05) is 22.1 Å². The second-order valence-corrected chi connectivity index (χ2v) is 5.12. The Bertz CT molecular complexity index is 750. The predicted octanol–water partition coefficient (Wildman–Crippen LogP) is 4.92. The van der Waals surface area contributed by atoms with Gasteiger partial charge in [-0.3, -0.25) is 0 Å². The van der Waals surface area contributed by atoms with Crippen molar-refractivity contribution in [2.75, 3.05) is 5.32 Å². The highest BCUT2D eigenvalue weighted by Gasteiger charge is 2.06. The Labute approximate surface area is 120 Å². The van der Waals surface area contributed by atoms with E-state index in [9.17, 15) is 0 Å². The van der Waals surface area contributed by atoms with E-state index in [0.717, 1.165) is 28.1 Å². The lowest BCUT2D eigenvalue weighted by atomic mass is 10.2. The van der Waals surface area contributed by atoms with Crippen LogP contribution in [0.2, 0.25) is 10.0 Å². The fourth-order valence-electron chi connectivity index (χ4n) is 1.99. The number of nitrogens with zero attached hydrogens (tertiary/aromatic N) is 1. The molecule has 5 heteroatoms. The molecular weight excluding hydrogens is 281 g/mol. The van der Waals surface area contributed by atoms with Gasteiger partial charge in [0.1, 0.15) is 5.82 Å². The summed E-state index contributed by atoms with van der Waals surface area (Å²) < 4.78 is 0. The van der Waals surface area contributed by atoms with Crippen LogP contribution in [0.25, 0.3) is 10.9 Å². The van der Waals surface area contributed by atoms with Crippen molar-refractivity contribution >= 4 is 45.6 Å². The zero-order valence-corrected chi connectivity index (χ0v) is 11.7. The van der Waals surface area contributed by atoms with Crippen molar-refractivity contribution in [3.8, 4) is 0 Å². The number of aromatic nitrogens is 2. The third-order valence-electron chi connectivity index (χ3n) is 2.92. The number of aryl methyl sites for hydroxylation is 1. The molecule has 3 rings (SSSR count). The summed E-state index contributed by atoms with van der Waals surface area (Å²) in [6.45, 7) is 1.87. The van der Waals surface area contributed by atoms with Gasteiger partial charge in [-0.2, -0.15) is 0 Å². The van der Waals surface area contributed by atoms with Crippen molar-refractivity contribution in [1.82, 2.24) is 9.97 Å². The summed E-state index contributed by atoms with van der Waals surface area (Å²) in [4.78, 5) is 7.53. The molecular formula is C14H11Cl2N3. The van der Waals surface area contributed by atoms with E-state index in [1.54, 1.807) is 0 Å². The number of hydrogen-bond donors (Lipinski definition) is 2. The van der Waals surface area contributed by atoms with Crippen LogP contribution in [0.15, 0.2) is 36.5 Å². The lowest BCUT2D eigenvalue weighted by Crippen LogP contribution is -1.95. The molecule has 3 aromatic rings. The molecule has 2 N–H and O–H groups in total. The van der Waals surface area contributed by atoms with E-state index in [0.29, 0.717) is 10.0 Å². The molecule has 0 bridgehead atoms.